The number of carbonyl (C=O) groups excluding carboxylic acids is 1. The molecule has 23 heavy (non-hydrogen) atoms. The van der Waals surface area contributed by atoms with Crippen molar-refractivity contribution < 1.29 is 4.79 Å². The summed E-state index contributed by atoms with van der Waals surface area (Å²) in [7, 11) is 2.11. The largest absolute Gasteiger partial charge is 0.337 e. The summed E-state index contributed by atoms with van der Waals surface area (Å²) in [6.45, 7) is 4.83. The Balaban J connectivity index is 1.59. The number of carbonyl (C=O) groups is 1. The average Bonchev–Trinajstić information content (AvgIpc) is 2.95. The molecule has 0 aliphatic carbocycles. The lowest BCUT2D eigenvalue weighted by Crippen LogP contribution is -2.53. The lowest BCUT2D eigenvalue weighted by atomic mass is 10.1. The summed E-state index contributed by atoms with van der Waals surface area (Å²) in [6, 6.07) is 10.6. The fourth-order valence-corrected chi connectivity index (χ4v) is 3.88. The van der Waals surface area contributed by atoms with Gasteiger partial charge in [-0.2, -0.15) is 0 Å². The van der Waals surface area contributed by atoms with Crippen molar-refractivity contribution in [3.8, 4) is 0 Å². The van der Waals surface area contributed by atoms with Gasteiger partial charge in [-0.15, -0.1) is 11.3 Å². The highest BCUT2D eigenvalue weighted by Crippen LogP contribution is 2.17. The molecule has 0 bridgehead atoms. The van der Waals surface area contributed by atoms with Crippen LogP contribution >= 0.6 is 11.3 Å². The Morgan fingerprint density at radius 1 is 1.30 bits per heavy atom. The number of benzene rings is 1. The van der Waals surface area contributed by atoms with Crippen LogP contribution in [0.3, 0.4) is 0 Å². The van der Waals surface area contributed by atoms with E-state index < -0.39 is 0 Å². The van der Waals surface area contributed by atoms with Gasteiger partial charge in [-0.1, -0.05) is 30.3 Å². The molecule has 0 saturated carbocycles. The van der Waals surface area contributed by atoms with Crippen LogP contribution in [0.2, 0.25) is 0 Å². The van der Waals surface area contributed by atoms with Gasteiger partial charge in [-0.25, -0.2) is 4.98 Å². The Labute approximate surface area is 141 Å². The topological polar surface area (TPSA) is 36.4 Å². The smallest absolute Gasteiger partial charge is 0.228 e. The second-order valence-electron chi connectivity index (χ2n) is 6.27. The van der Waals surface area contributed by atoms with Crippen LogP contribution in [0, 0.1) is 0 Å². The maximum atomic E-state index is 12.5. The zero-order valence-corrected chi connectivity index (χ0v) is 14.6. The van der Waals surface area contributed by atoms with Crippen LogP contribution in [0.4, 0.5) is 0 Å². The highest BCUT2D eigenvalue weighted by Gasteiger charge is 2.26. The Morgan fingerprint density at radius 2 is 2.09 bits per heavy atom. The summed E-state index contributed by atoms with van der Waals surface area (Å²) >= 11 is 1.64. The number of hydrogen-bond acceptors (Lipinski definition) is 4. The van der Waals surface area contributed by atoms with Crippen molar-refractivity contribution in [2.75, 3.05) is 26.7 Å². The summed E-state index contributed by atoms with van der Waals surface area (Å²) in [6.07, 6.45) is 1.25. The first-order valence-corrected chi connectivity index (χ1v) is 8.95. The number of likely N-dealkylation sites (N-methyl/N-ethyl adjacent to an activating group) is 1. The molecule has 1 aliphatic heterocycles. The minimum atomic E-state index is 0.196. The molecular weight excluding hydrogens is 306 g/mol. The molecule has 3 rings (SSSR count). The van der Waals surface area contributed by atoms with Crippen LogP contribution < -0.4 is 0 Å². The van der Waals surface area contributed by atoms with E-state index in [1.54, 1.807) is 11.3 Å². The molecule has 1 amide bonds. The van der Waals surface area contributed by atoms with Crippen molar-refractivity contribution in [1.82, 2.24) is 14.8 Å². The molecule has 0 N–H and O–H groups in total. The van der Waals surface area contributed by atoms with Gasteiger partial charge in [-0.05, 0) is 19.5 Å². The van der Waals surface area contributed by atoms with E-state index in [9.17, 15) is 4.79 Å². The quantitative estimate of drug-likeness (QED) is 0.864. The van der Waals surface area contributed by atoms with Crippen LogP contribution in [0.15, 0.2) is 35.7 Å². The minimum absolute atomic E-state index is 0.196. The van der Waals surface area contributed by atoms with Gasteiger partial charge in [0.05, 0.1) is 17.1 Å². The van der Waals surface area contributed by atoms with Crippen molar-refractivity contribution in [1.29, 1.82) is 0 Å². The fraction of sp³-hybridized carbons (Fsp3) is 0.444. The number of hydrogen-bond donors (Lipinski definition) is 0. The third-order valence-corrected chi connectivity index (χ3v) is 5.18. The predicted molar refractivity (Wildman–Crippen MR) is 93.7 cm³/mol. The molecule has 2 heterocycles. The molecule has 1 aliphatic rings. The Morgan fingerprint density at radius 3 is 2.83 bits per heavy atom. The van der Waals surface area contributed by atoms with Crippen molar-refractivity contribution in [3.05, 3.63) is 52.0 Å². The molecule has 122 valence electrons. The zero-order valence-electron chi connectivity index (χ0n) is 13.7. The number of aromatic nitrogens is 1. The van der Waals surface area contributed by atoms with Crippen molar-refractivity contribution in [3.63, 3.8) is 0 Å². The first kappa shape index (κ1) is 16.1. The van der Waals surface area contributed by atoms with Crippen molar-refractivity contribution >= 4 is 17.2 Å². The molecule has 1 fully saturated rings. The van der Waals surface area contributed by atoms with Gasteiger partial charge in [0.2, 0.25) is 5.91 Å². The van der Waals surface area contributed by atoms with E-state index in [4.69, 9.17) is 0 Å². The highest BCUT2D eigenvalue weighted by molar-refractivity contribution is 7.09. The molecule has 1 aromatic heterocycles. The molecule has 4 nitrogen and oxygen atoms in total. The summed E-state index contributed by atoms with van der Waals surface area (Å²) in [5, 5.41) is 3.10. The van der Waals surface area contributed by atoms with Gasteiger partial charge in [-0.3, -0.25) is 4.79 Å². The second kappa shape index (κ2) is 7.23. The van der Waals surface area contributed by atoms with E-state index in [2.05, 4.69) is 36.0 Å². The maximum Gasteiger partial charge on any atom is 0.228 e. The standard InChI is InChI=1S/C18H23N3OS/c1-14-12-20(2)8-9-21(14)18(22)11-16-13-23-17(19-16)10-15-6-4-3-5-7-15/h3-7,13-14H,8-12H2,1-2H3/t14-/m1/s1. The molecule has 0 spiro atoms. The number of thiazole rings is 1. The van der Waals surface area contributed by atoms with E-state index in [-0.39, 0.29) is 11.9 Å². The number of nitrogens with zero attached hydrogens (tertiary/aromatic N) is 3. The van der Waals surface area contributed by atoms with E-state index in [1.807, 2.05) is 28.5 Å². The van der Waals surface area contributed by atoms with Gasteiger partial charge in [0, 0.05) is 37.5 Å². The van der Waals surface area contributed by atoms with Crippen LogP contribution in [-0.4, -0.2) is 53.4 Å². The Hall–Kier alpha value is -1.72. The summed E-state index contributed by atoms with van der Waals surface area (Å²) in [4.78, 5) is 21.4. The lowest BCUT2D eigenvalue weighted by molar-refractivity contribution is -0.134. The molecule has 1 aromatic carbocycles. The summed E-state index contributed by atoms with van der Waals surface area (Å²) in [5.74, 6) is 0.196. The van der Waals surface area contributed by atoms with Crippen molar-refractivity contribution in [2.24, 2.45) is 0 Å². The predicted octanol–water partition coefficient (Wildman–Crippen LogP) is 2.44. The molecule has 1 atom stereocenters. The monoisotopic (exact) mass is 329 g/mol. The Kier molecular flexibility index (Phi) is 5.08. The lowest BCUT2D eigenvalue weighted by Gasteiger charge is -2.38. The fourth-order valence-electron chi connectivity index (χ4n) is 3.05. The summed E-state index contributed by atoms with van der Waals surface area (Å²) < 4.78 is 0. The molecule has 5 heteroatoms. The molecule has 0 radical (unpaired) electrons. The van der Waals surface area contributed by atoms with E-state index in [1.165, 1.54) is 5.56 Å². The average molecular weight is 329 g/mol. The molecule has 1 saturated heterocycles. The highest BCUT2D eigenvalue weighted by atomic mass is 32.1. The van der Waals surface area contributed by atoms with Crippen LogP contribution in [0.1, 0.15) is 23.2 Å². The number of amides is 1. The van der Waals surface area contributed by atoms with Gasteiger partial charge in [0.25, 0.3) is 0 Å². The third-order valence-electron chi connectivity index (χ3n) is 4.28. The molecular formula is C18H23N3OS. The van der Waals surface area contributed by atoms with Gasteiger partial charge >= 0.3 is 0 Å². The SMILES string of the molecule is C[C@@H]1CN(C)CCN1C(=O)Cc1csc(Cc2ccccc2)n1. The van der Waals surface area contributed by atoms with Crippen molar-refractivity contribution in [2.45, 2.75) is 25.8 Å². The van der Waals surface area contributed by atoms with E-state index >= 15 is 0 Å². The third kappa shape index (κ3) is 4.18. The molecule has 0 unspecified atom stereocenters. The zero-order chi connectivity index (χ0) is 16.2. The van der Waals surface area contributed by atoms with Gasteiger partial charge < -0.3 is 9.80 Å². The maximum absolute atomic E-state index is 12.5. The first-order valence-electron chi connectivity index (χ1n) is 8.07. The van der Waals surface area contributed by atoms with Crippen LogP contribution in [0.25, 0.3) is 0 Å². The Bertz CT molecular complexity index is 655. The van der Waals surface area contributed by atoms with Crippen LogP contribution in [-0.2, 0) is 17.6 Å². The van der Waals surface area contributed by atoms with E-state index in [0.29, 0.717) is 6.42 Å². The first-order chi connectivity index (χ1) is 11.1. The van der Waals surface area contributed by atoms with Gasteiger partial charge in [0.15, 0.2) is 0 Å². The molecule has 2 aromatic rings. The minimum Gasteiger partial charge on any atom is -0.337 e. The second-order valence-corrected chi connectivity index (χ2v) is 7.21. The normalized spacial score (nSPS) is 19.0. The van der Waals surface area contributed by atoms with Gasteiger partial charge in [0.1, 0.15) is 0 Å². The number of piperazine rings is 1. The van der Waals surface area contributed by atoms with Crippen LogP contribution in [0.5, 0.6) is 0 Å². The van der Waals surface area contributed by atoms with E-state index in [0.717, 1.165) is 36.8 Å². The number of rotatable bonds is 4. The summed E-state index contributed by atoms with van der Waals surface area (Å²) in [5.41, 5.74) is 2.16.